The summed E-state index contributed by atoms with van der Waals surface area (Å²) in [4.78, 5) is 10.7. The molecule has 96 valence electrons. The molecule has 0 aliphatic rings. The van der Waals surface area contributed by atoms with Crippen LogP contribution in [-0.2, 0) is 4.79 Å². The molecule has 0 saturated heterocycles. The van der Waals surface area contributed by atoms with Crippen molar-refractivity contribution in [3.8, 4) is 0 Å². The summed E-state index contributed by atoms with van der Waals surface area (Å²) >= 11 is 0. The van der Waals surface area contributed by atoms with E-state index in [4.69, 9.17) is 5.11 Å². The van der Waals surface area contributed by atoms with Gasteiger partial charge in [-0.05, 0) is 37.5 Å². The Hall–Kier alpha value is -0.570. The maximum absolute atomic E-state index is 10.7. The first-order chi connectivity index (χ1) is 7.25. The van der Waals surface area contributed by atoms with E-state index < -0.39 is 18.0 Å². The Morgan fingerprint density at radius 3 is 1.94 bits per heavy atom. The van der Waals surface area contributed by atoms with Gasteiger partial charge < -0.3 is 10.2 Å². The van der Waals surface area contributed by atoms with E-state index in [1.54, 1.807) is 6.92 Å². The van der Waals surface area contributed by atoms with Crippen LogP contribution in [0.1, 0.15) is 47.5 Å². The van der Waals surface area contributed by atoms with Gasteiger partial charge in [0.05, 0.1) is 12.0 Å². The molecule has 0 heterocycles. The van der Waals surface area contributed by atoms with Crippen molar-refractivity contribution in [2.75, 3.05) is 0 Å². The molecule has 0 aliphatic heterocycles. The van der Waals surface area contributed by atoms with Crippen molar-refractivity contribution in [2.24, 2.45) is 23.7 Å². The molecular weight excluding hydrogens is 204 g/mol. The van der Waals surface area contributed by atoms with Crippen molar-refractivity contribution < 1.29 is 15.0 Å². The Labute approximate surface area is 98.9 Å². The van der Waals surface area contributed by atoms with Crippen molar-refractivity contribution >= 4 is 5.97 Å². The van der Waals surface area contributed by atoms with Crippen LogP contribution in [0.2, 0.25) is 0 Å². The number of carbonyl (C=O) groups is 1. The summed E-state index contributed by atoms with van der Waals surface area (Å²) in [6.45, 7) is 10.0. The van der Waals surface area contributed by atoms with E-state index in [1.807, 2.05) is 6.92 Å². The number of aliphatic hydroxyl groups is 1. The van der Waals surface area contributed by atoms with Gasteiger partial charge in [-0.3, -0.25) is 4.79 Å². The summed E-state index contributed by atoms with van der Waals surface area (Å²) in [5, 5.41) is 18.7. The third-order valence-electron chi connectivity index (χ3n) is 3.13. The smallest absolute Gasteiger partial charge is 0.308 e. The first kappa shape index (κ1) is 15.4. The Bertz CT molecular complexity index is 213. The number of carboxylic acid groups (broad SMARTS) is 1. The van der Waals surface area contributed by atoms with Crippen molar-refractivity contribution in [3.63, 3.8) is 0 Å². The van der Waals surface area contributed by atoms with Gasteiger partial charge in [-0.25, -0.2) is 0 Å². The third kappa shape index (κ3) is 5.50. The number of rotatable bonds is 7. The summed E-state index contributed by atoms with van der Waals surface area (Å²) in [5.41, 5.74) is 0. The Balaban J connectivity index is 4.14. The van der Waals surface area contributed by atoms with Crippen molar-refractivity contribution in [1.82, 2.24) is 0 Å². The Kier molecular flexibility index (Phi) is 6.65. The van der Waals surface area contributed by atoms with Crippen LogP contribution in [0.5, 0.6) is 0 Å². The van der Waals surface area contributed by atoms with E-state index in [2.05, 4.69) is 20.8 Å². The molecule has 0 aromatic carbocycles. The van der Waals surface area contributed by atoms with Crippen LogP contribution >= 0.6 is 0 Å². The van der Waals surface area contributed by atoms with E-state index in [-0.39, 0.29) is 5.92 Å². The molecule has 0 aliphatic carbocycles. The highest BCUT2D eigenvalue weighted by Crippen LogP contribution is 2.24. The topological polar surface area (TPSA) is 57.5 Å². The quantitative estimate of drug-likeness (QED) is 0.707. The van der Waals surface area contributed by atoms with Gasteiger partial charge in [-0.1, -0.05) is 27.7 Å². The summed E-state index contributed by atoms with van der Waals surface area (Å²) in [7, 11) is 0. The van der Waals surface area contributed by atoms with Gasteiger partial charge in [0.1, 0.15) is 0 Å². The molecule has 16 heavy (non-hydrogen) atoms. The average Bonchev–Trinajstić information content (AvgIpc) is 2.13. The van der Waals surface area contributed by atoms with Crippen LogP contribution in [-0.4, -0.2) is 22.3 Å². The molecule has 0 aromatic rings. The maximum atomic E-state index is 10.7. The molecule has 0 rings (SSSR count). The SMILES string of the molecule is CC(C)CC(C)CC(C)C(O)C(C)C(=O)O. The largest absolute Gasteiger partial charge is 0.481 e. The lowest BCUT2D eigenvalue weighted by molar-refractivity contribution is -0.146. The standard InChI is InChI=1S/C13H26O3/c1-8(2)6-9(3)7-10(4)12(14)11(5)13(15)16/h8-12,14H,6-7H2,1-5H3,(H,15,16). The van der Waals surface area contributed by atoms with Gasteiger partial charge in [0, 0.05) is 0 Å². The van der Waals surface area contributed by atoms with E-state index in [0.29, 0.717) is 11.8 Å². The van der Waals surface area contributed by atoms with Gasteiger partial charge in [0.2, 0.25) is 0 Å². The van der Waals surface area contributed by atoms with Gasteiger partial charge >= 0.3 is 5.97 Å². The first-order valence-electron chi connectivity index (χ1n) is 6.16. The fraction of sp³-hybridized carbons (Fsp3) is 0.923. The average molecular weight is 230 g/mol. The zero-order valence-corrected chi connectivity index (χ0v) is 11.1. The summed E-state index contributed by atoms with van der Waals surface area (Å²) in [6.07, 6.45) is 1.27. The molecule has 4 unspecified atom stereocenters. The fourth-order valence-electron chi connectivity index (χ4n) is 2.31. The number of carboxylic acids is 1. The lowest BCUT2D eigenvalue weighted by Crippen LogP contribution is -2.32. The highest BCUT2D eigenvalue weighted by molar-refractivity contribution is 5.70. The predicted octanol–water partition coefficient (Wildman–Crippen LogP) is 2.78. The molecule has 2 N–H and O–H groups in total. The van der Waals surface area contributed by atoms with Crippen molar-refractivity contribution in [2.45, 2.75) is 53.6 Å². The van der Waals surface area contributed by atoms with Gasteiger partial charge in [0.25, 0.3) is 0 Å². The van der Waals surface area contributed by atoms with E-state index >= 15 is 0 Å². The van der Waals surface area contributed by atoms with Crippen molar-refractivity contribution in [3.05, 3.63) is 0 Å². The number of aliphatic carboxylic acids is 1. The highest BCUT2D eigenvalue weighted by Gasteiger charge is 2.27. The van der Waals surface area contributed by atoms with Gasteiger partial charge in [0.15, 0.2) is 0 Å². The monoisotopic (exact) mass is 230 g/mol. The zero-order chi connectivity index (χ0) is 12.9. The molecule has 0 spiro atoms. The van der Waals surface area contributed by atoms with Crippen LogP contribution in [0.25, 0.3) is 0 Å². The second-order valence-corrected chi connectivity index (χ2v) is 5.57. The van der Waals surface area contributed by atoms with Crippen LogP contribution in [0.4, 0.5) is 0 Å². The highest BCUT2D eigenvalue weighted by atomic mass is 16.4. The lowest BCUT2D eigenvalue weighted by atomic mass is 9.84. The molecule has 0 saturated carbocycles. The normalized spacial score (nSPS) is 19.2. The number of aliphatic hydroxyl groups excluding tert-OH is 1. The summed E-state index contributed by atoms with van der Waals surface area (Å²) in [6, 6.07) is 0. The van der Waals surface area contributed by atoms with Crippen LogP contribution in [0, 0.1) is 23.7 Å². The fourth-order valence-corrected chi connectivity index (χ4v) is 2.31. The van der Waals surface area contributed by atoms with E-state index in [0.717, 1.165) is 12.8 Å². The zero-order valence-electron chi connectivity index (χ0n) is 11.1. The minimum absolute atomic E-state index is 0.0415. The number of hydrogen-bond donors (Lipinski definition) is 2. The molecule has 3 heteroatoms. The van der Waals surface area contributed by atoms with Crippen molar-refractivity contribution in [1.29, 1.82) is 0 Å². The van der Waals surface area contributed by atoms with E-state index in [9.17, 15) is 9.90 Å². The molecule has 3 nitrogen and oxygen atoms in total. The predicted molar refractivity (Wildman–Crippen MR) is 65.2 cm³/mol. The van der Waals surface area contributed by atoms with Crippen LogP contribution in [0.15, 0.2) is 0 Å². The molecule has 0 amide bonds. The van der Waals surface area contributed by atoms with Crippen LogP contribution < -0.4 is 0 Å². The first-order valence-corrected chi connectivity index (χ1v) is 6.16. The molecular formula is C13H26O3. The Morgan fingerprint density at radius 2 is 1.56 bits per heavy atom. The molecule has 0 bridgehead atoms. The Morgan fingerprint density at radius 1 is 1.06 bits per heavy atom. The van der Waals surface area contributed by atoms with Gasteiger partial charge in [-0.2, -0.15) is 0 Å². The second-order valence-electron chi connectivity index (χ2n) is 5.57. The second kappa shape index (κ2) is 6.89. The molecule has 0 aromatic heterocycles. The van der Waals surface area contributed by atoms with Crippen LogP contribution in [0.3, 0.4) is 0 Å². The summed E-state index contributed by atoms with van der Waals surface area (Å²) < 4.78 is 0. The lowest BCUT2D eigenvalue weighted by Gasteiger charge is -2.25. The van der Waals surface area contributed by atoms with E-state index in [1.165, 1.54) is 0 Å². The maximum Gasteiger partial charge on any atom is 0.308 e. The minimum atomic E-state index is -0.920. The minimum Gasteiger partial charge on any atom is -0.481 e. The number of hydrogen-bond acceptors (Lipinski definition) is 2. The third-order valence-corrected chi connectivity index (χ3v) is 3.13. The summed E-state index contributed by atoms with van der Waals surface area (Å²) in [5.74, 6) is -0.376. The molecule has 4 atom stereocenters. The van der Waals surface area contributed by atoms with Gasteiger partial charge in [-0.15, -0.1) is 0 Å². The molecule has 0 fully saturated rings. The molecule has 0 radical (unpaired) electrons.